The van der Waals surface area contributed by atoms with Gasteiger partial charge in [-0.2, -0.15) is 0 Å². The number of hydrogen-bond donors (Lipinski definition) is 1. The molecule has 0 amide bonds. The summed E-state index contributed by atoms with van der Waals surface area (Å²) >= 11 is 12.4. The monoisotopic (exact) mass is 479 g/mol. The Kier molecular flexibility index (Phi) is 5.99. The number of anilines is 1. The smallest absolute Gasteiger partial charge is 0.266 e. The Balaban J connectivity index is 1.48. The van der Waals surface area contributed by atoms with E-state index < -0.39 is 6.43 Å². The van der Waals surface area contributed by atoms with E-state index in [-0.39, 0.29) is 17.1 Å². The number of piperidine rings is 1. The zero-order valence-electron chi connectivity index (χ0n) is 17.7. The zero-order valence-corrected chi connectivity index (χ0v) is 19.3. The third-order valence-electron chi connectivity index (χ3n) is 6.88. The molecule has 0 aliphatic carbocycles. The quantitative estimate of drug-likeness (QED) is 0.508. The number of nitrogens with zero attached hydrogens (tertiary/aromatic N) is 4. The maximum Gasteiger partial charge on any atom is 0.266 e. The first-order valence-corrected chi connectivity index (χ1v) is 11.8. The molecule has 2 fully saturated rings. The normalized spacial score (nSPS) is 20.7. The summed E-state index contributed by atoms with van der Waals surface area (Å²) < 4.78 is 29.5. The van der Waals surface area contributed by atoms with Crippen LogP contribution in [0.15, 0.2) is 30.3 Å². The fourth-order valence-corrected chi connectivity index (χ4v) is 5.53. The minimum Gasteiger partial charge on any atom is -0.371 e. The number of alkyl halides is 2. The van der Waals surface area contributed by atoms with Crippen molar-refractivity contribution >= 4 is 39.9 Å². The summed E-state index contributed by atoms with van der Waals surface area (Å²) in [4.78, 5) is 2.18. The van der Waals surface area contributed by atoms with Crippen LogP contribution in [0.25, 0.3) is 11.0 Å². The van der Waals surface area contributed by atoms with Gasteiger partial charge in [-0.15, -0.1) is 5.10 Å². The van der Waals surface area contributed by atoms with Gasteiger partial charge < -0.3 is 10.2 Å². The summed E-state index contributed by atoms with van der Waals surface area (Å²) in [7, 11) is 0. The Morgan fingerprint density at radius 1 is 1.09 bits per heavy atom. The van der Waals surface area contributed by atoms with Crippen molar-refractivity contribution in [1.29, 1.82) is 0 Å². The second-order valence-electron chi connectivity index (χ2n) is 8.85. The predicted molar refractivity (Wildman–Crippen MR) is 124 cm³/mol. The number of halogens is 4. The molecule has 2 atom stereocenters. The summed E-state index contributed by atoms with van der Waals surface area (Å²) in [5, 5.41) is 12.8. The number of hydrogen-bond acceptors (Lipinski definition) is 4. The molecule has 0 spiro atoms. The maximum absolute atomic E-state index is 13.9. The van der Waals surface area contributed by atoms with Crippen molar-refractivity contribution in [3.63, 3.8) is 0 Å². The molecule has 0 bridgehead atoms. The summed E-state index contributed by atoms with van der Waals surface area (Å²) in [6.07, 6.45) is -0.182. The molecule has 2 aliphatic heterocycles. The van der Waals surface area contributed by atoms with Gasteiger partial charge in [-0.25, -0.2) is 13.5 Å². The van der Waals surface area contributed by atoms with Crippen LogP contribution in [0.5, 0.6) is 0 Å². The Morgan fingerprint density at radius 2 is 1.91 bits per heavy atom. The standard InChI is InChI=1S/C23H25Cl2F2N5/c1-13(18-5-4-16(24)7-20(18)25)32-21-9-17(8-19(23(26)27)22(21)29-30-32)31-11-15(12-31)14-3-2-6-28-10-14/h4-5,7-9,13-15,23,28H,2-3,6,10-12H2,1H3/t13-,14+/m1/s1. The van der Waals surface area contributed by atoms with Gasteiger partial charge in [0.05, 0.1) is 11.6 Å². The van der Waals surface area contributed by atoms with Crippen molar-refractivity contribution in [2.24, 2.45) is 11.8 Å². The number of aromatic nitrogens is 3. The summed E-state index contributed by atoms with van der Waals surface area (Å²) in [5.41, 5.74) is 2.33. The molecule has 3 heterocycles. The molecular formula is C23H25Cl2F2N5. The third kappa shape index (κ3) is 3.95. The van der Waals surface area contributed by atoms with Crippen molar-refractivity contribution in [2.75, 3.05) is 31.1 Å². The van der Waals surface area contributed by atoms with E-state index >= 15 is 0 Å². The molecule has 0 unspecified atom stereocenters. The van der Waals surface area contributed by atoms with Crippen molar-refractivity contribution in [2.45, 2.75) is 32.2 Å². The van der Waals surface area contributed by atoms with Gasteiger partial charge in [-0.1, -0.05) is 34.5 Å². The maximum atomic E-state index is 13.9. The molecule has 170 valence electrons. The van der Waals surface area contributed by atoms with E-state index in [0.29, 0.717) is 27.4 Å². The molecule has 2 aliphatic rings. The molecule has 5 rings (SSSR count). The highest BCUT2D eigenvalue weighted by atomic mass is 35.5. The first-order chi connectivity index (χ1) is 15.4. The molecule has 32 heavy (non-hydrogen) atoms. The topological polar surface area (TPSA) is 46.0 Å². The van der Waals surface area contributed by atoms with Gasteiger partial charge in [0.2, 0.25) is 0 Å². The Hall–Kier alpha value is -1.96. The molecule has 0 radical (unpaired) electrons. The molecule has 2 aromatic carbocycles. The van der Waals surface area contributed by atoms with Gasteiger partial charge in [0.15, 0.2) is 0 Å². The van der Waals surface area contributed by atoms with Gasteiger partial charge in [0.25, 0.3) is 6.43 Å². The summed E-state index contributed by atoms with van der Waals surface area (Å²) in [6, 6.07) is 8.47. The van der Waals surface area contributed by atoms with Gasteiger partial charge in [0.1, 0.15) is 5.52 Å². The molecular weight excluding hydrogens is 455 g/mol. The van der Waals surface area contributed by atoms with Crippen LogP contribution >= 0.6 is 23.2 Å². The third-order valence-corrected chi connectivity index (χ3v) is 7.45. The number of fused-ring (bicyclic) bond motifs is 1. The van der Waals surface area contributed by atoms with E-state index in [4.69, 9.17) is 23.2 Å². The summed E-state index contributed by atoms with van der Waals surface area (Å²) in [5.74, 6) is 1.26. The van der Waals surface area contributed by atoms with Crippen LogP contribution < -0.4 is 10.2 Å². The van der Waals surface area contributed by atoms with E-state index in [2.05, 4.69) is 20.5 Å². The highest BCUT2D eigenvalue weighted by molar-refractivity contribution is 6.35. The van der Waals surface area contributed by atoms with Crippen LogP contribution in [0.4, 0.5) is 14.5 Å². The lowest BCUT2D eigenvalue weighted by atomic mass is 9.81. The second kappa shape index (κ2) is 8.76. The highest BCUT2D eigenvalue weighted by Gasteiger charge is 2.35. The first-order valence-electron chi connectivity index (χ1n) is 11.0. The summed E-state index contributed by atoms with van der Waals surface area (Å²) in [6.45, 7) is 5.85. The zero-order chi connectivity index (χ0) is 22.4. The van der Waals surface area contributed by atoms with Gasteiger partial charge in [-0.3, -0.25) is 0 Å². The van der Waals surface area contributed by atoms with E-state index in [1.54, 1.807) is 22.9 Å². The Bertz CT molecular complexity index is 1120. The molecule has 1 aromatic heterocycles. The van der Waals surface area contributed by atoms with Crippen LogP contribution in [0.2, 0.25) is 10.0 Å². The molecule has 9 heteroatoms. The van der Waals surface area contributed by atoms with Crippen LogP contribution in [0.3, 0.4) is 0 Å². The van der Waals surface area contributed by atoms with Gasteiger partial charge >= 0.3 is 0 Å². The average Bonchev–Trinajstić information content (AvgIpc) is 3.16. The largest absolute Gasteiger partial charge is 0.371 e. The van der Waals surface area contributed by atoms with Crippen LogP contribution in [0, 0.1) is 11.8 Å². The molecule has 1 N–H and O–H groups in total. The number of benzene rings is 2. The van der Waals surface area contributed by atoms with Gasteiger partial charge in [-0.05, 0) is 74.5 Å². The number of rotatable bonds is 5. The lowest BCUT2D eigenvalue weighted by Gasteiger charge is -2.46. The van der Waals surface area contributed by atoms with Crippen molar-refractivity contribution in [1.82, 2.24) is 20.3 Å². The molecule has 5 nitrogen and oxygen atoms in total. The molecule has 2 saturated heterocycles. The fourth-order valence-electron chi connectivity index (χ4n) is 4.96. The minimum atomic E-state index is -2.63. The second-order valence-corrected chi connectivity index (χ2v) is 9.69. The van der Waals surface area contributed by atoms with E-state index in [0.717, 1.165) is 37.4 Å². The highest BCUT2D eigenvalue weighted by Crippen LogP contribution is 2.38. The van der Waals surface area contributed by atoms with Crippen molar-refractivity contribution in [3.8, 4) is 0 Å². The van der Waals surface area contributed by atoms with E-state index in [9.17, 15) is 8.78 Å². The Morgan fingerprint density at radius 3 is 2.59 bits per heavy atom. The number of nitrogens with one attached hydrogen (secondary N) is 1. The molecule has 0 saturated carbocycles. The van der Waals surface area contributed by atoms with Crippen LogP contribution in [0.1, 0.15) is 43.4 Å². The fraction of sp³-hybridized carbons (Fsp3) is 0.478. The molecule has 3 aromatic rings. The van der Waals surface area contributed by atoms with Crippen LogP contribution in [-0.2, 0) is 0 Å². The first kappa shape index (κ1) is 21.9. The van der Waals surface area contributed by atoms with Crippen molar-refractivity contribution < 1.29 is 8.78 Å². The van der Waals surface area contributed by atoms with E-state index in [1.165, 1.54) is 12.8 Å². The van der Waals surface area contributed by atoms with Gasteiger partial charge in [0, 0.05) is 34.4 Å². The minimum absolute atomic E-state index is 0.0825. The lowest BCUT2D eigenvalue weighted by molar-refractivity contribution is 0.153. The van der Waals surface area contributed by atoms with Crippen molar-refractivity contribution in [3.05, 3.63) is 51.5 Å². The average molecular weight is 480 g/mol. The van der Waals surface area contributed by atoms with E-state index in [1.807, 2.05) is 19.1 Å². The SMILES string of the molecule is C[C@H](c1ccc(Cl)cc1Cl)n1nnc2c(C(F)F)cc(N3CC([C@H]4CCCNC4)C3)cc21. The lowest BCUT2D eigenvalue weighted by Crippen LogP contribution is -2.53. The predicted octanol–water partition coefficient (Wildman–Crippen LogP) is 5.72. The Labute approximate surface area is 195 Å². The van der Waals surface area contributed by atoms with Crippen LogP contribution in [-0.4, -0.2) is 41.2 Å².